The summed E-state index contributed by atoms with van der Waals surface area (Å²) in [7, 11) is 0. The average molecular weight is 310 g/mol. The van der Waals surface area contributed by atoms with Gasteiger partial charge in [-0.15, -0.1) is 11.3 Å². The minimum absolute atomic E-state index is 0.0000813. The Bertz CT molecular complexity index is 460. The van der Waals surface area contributed by atoms with E-state index in [1.807, 2.05) is 23.9 Å². The van der Waals surface area contributed by atoms with Crippen LogP contribution in [0.3, 0.4) is 0 Å². The first-order chi connectivity index (χ1) is 9.77. The largest absolute Gasteiger partial charge is 0.351 e. The van der Waals surface area contributed by atoms with Crippen LogP contribution in [0.2, 0.25) is 0 Å². The van der Waals surface area contributed by atoms with Gasteiger partial charge in [-0.3, -0.25) is 4.79 Å². The number of carbonyl (C=O) groups is 1. The molecule has 0 saturated carbocycles. The molecule has 0 atom stereocenters. The number of amides is 1. The molecule has 3 N–H and O–H groups in total. The maximum Gasteiger partial charge on any atom is 0.261 e. The highest BCUT2D eigenvalue weighted by atomic mass is 32.2. The third-order valence-electron chi connectivity index (χ3n) is 2.70. The number of carbonyl (C=O) groups excluding carboxylic acids is 1. The third kappa shape index (κ3) is 6.99. The smallest absolute Gasteiger partial charge is 0.261 e. The van der Waals surface area contributed by atoms with E-state index >= 15 is 0 Å². The van der Waals surface area contributed by atoms with Gasteiger partial charge in [0.1, 0.15) is 0 Å². The Morgan fingerprint density at radius 2 is 2.15 bits per heavy atom. The van der Waals surface area contributed by atoms with Crippen molar-refractivity contribution >= 4 is 29.0 Å². The Labute approximate surface area is 129 Å². The van der Waals surface area contributed by atoms with Crippen molar-refractivity contribution in [1.29, 1.82) is 0 Å². The lowest BCUT2D eigenvalue weighted by atomic mass is 10.2. The number of hydrogen-bond donors (Lipinski definition) is 2. The molecule has 1 aromatic heterocycles. The van der Waals surface area contributed by atoms with Crippen molar-refractivity contribution in [3.63, 3.8) is 0 Å². The molecule has 110 valence electrons. The first kappa shape index (κ1) is 17.1. The minimum atomic E-state index is -0.0000813. The van der Waals surface area contributed by atoms with Crippen molar-refractivity contribution in [2.24, 2.45) is 5.73 Å². The SMILES string of the molecule is CSCCCCCCNC(=O)c1ccc(C#CCN)s1. The van der Waals surface area contributed by atoms with E-state index in [1.165, 1.54) is 36.4 Å². The molecule has 1 rings (SSSR count). The highest BCUT2D eigenvalue weighted by molar-refractivity contribution is 7.98. The van der Waals surface area contributed by atoms with E-state index in [-0.39, 0.29) is 5.91 Å². The number of thiophene rings is 1. The highest BCUT2D eigenvalue weighted by Gasteiger charge is 2.07. The van der Waals surface area contributed by atoms with Crippen LogP contribution in [-0.2, 0) is 0 Å². The standard InChI is InChI=1S/C15H22N2OS2/c1-19-12-5-3-2-4-11-17-15(18)14-9-8-13(20-14)7-6-10-16/h8-9H,2-5,10-12,16H2,1H3,(H,17,18). The first-order valence-corrected chi connectivity index (χ1v) is 9.05. The highest BCUT2D eigenvalue weighted by Crippen LogP contribution is 2.15. The lowest BCUT2D eigenvalue weighted by Gasteiger charge is -2.03. The summed E-state index contributed by atoms with van der Waals surface area (Å²) in [4.78, 5) is 13.5. The fourth-order valence-corrected chi connectivity index (χ4v) is 2.97. The molecule has 0 aromatic carbocycles. The second kappa shape index (κ2) is 10.8. The van der Waals surface area contributed by atoms with Crippen LogP contribution in [0.25, 0.3) is 0 Å². The zero-order valence-corrected chi connectivity index (χ0v) is 13.5. The van der Waals surface area contributed by atoms with Gasteiger partial charge < -0.3 is 11.1 Å². The van der Waals surface area contributed by atoms with Gasteiger partial charge in [0.25, 0.3) is 5.91 Å². The molecule has 1 heterocycles. The molecule has 0 fully saturated rings. The molecule has 1 aromatic rings. The lowest BCUT2D eigenvalue weighted by Crippen LogP contribution is -2.23. The summed E-state index contributed by atoms with van der Waals surface area (Å²) < 4.78 is 0. The van der Waals surface area contributed by atoms with E-state index in [2.05, 4.69) is 23.4 Å². The molecule has 0 aliphatic rings. The van der Waals surface area contributed by atoms with Crippen molar-refractivity contribution in [3.8, 4) is 11.8 Å². The molecule has 5 heteroatoms. The van der Waals surface area contributed by atoms with E-state index in [9.17, 15) is 4.79 Å². The van der Waals surface area contributed by atoms with Gasteiger partial charge in [0, 0.05) is 6.54 Å². The number of nitrogens with two attached hydrogens (primary N) is 1. The molecule has 0 aliphatic carbocycles. The predicted molar refractivity (Wildman–Crippen MR) is 89.4 cm³/mol. The zero-order valence-electron chi connectivity index (χ0n) is 11.9. The van der Waals surface area contributed by atoms with E-state index in [0.717, 1.165) is 17.8 Å². The van der Waals surface area contributed by atoms with Crippen molar-refractivity contribution in [3.05, 3.63) is 21.9 Å². The van der Waals surface area contributed by atoms with E-state index in [0.29, 0.717) is 11.4 Å². The van der Waals surface area contributed by atoms with Gasteiger partial charge in [-0.05, 0) is 37.0 Å². The normalized spacial score (nSPS) is 9.90. The predicted octanol–water partition coefficient (Wildman–Crippen LogP) is 2.71. The number of nitrogens with one attached hydrogen (secondary N) is 1. The van der Waals surface area contributed by atoms with Crippen LogP contribution < -0.4 is 11.1 Å². The van der Waals surface area contributed by atoms with E-state index in [1.54, 1.807) is 0 Å². The molecule has 20 heavy (non-hydrogen) atoms. The van der Waals surface area contributed by atoms with E-state index in [4.69, 9.17) is 5.73 Å². The molecule has 0 unspecified atom stereocenters. The molecule has 0 radical (unpaired) electrons. The fraction of sp³-hybridized carbons (Fsp3) is 0.533. The van der Waals surface area contributed by atoms with Crippen molar-refractivity contribution in [2.45, 2.75) is 25.7 Å². The Hall–Kier alpha value is -0.960. The van der Waals surface area contributed by atoms with Crippen LogP contribution in [0.1, 0.15) is 40.2 Å². The Morgan fingerprint density at radius 1 is 1.35 bits per heavy atom. The minimum Gasteiger partial charge on any atom is -0.351 e. The molecular formula is C15H22N2OS2. The van der Waals surface area contributed by atoms with Gasteiger partial charge in [-0.25, -0.2) is 0 Å². The van der Waals surface area contributed by atoms with Crippen LogP contribution in [0.5, 0.6) is 0 Å². The third-order valence-corrected chi connectivity index (χ3v) is 4.40. The lowest BCUT2D eigenvalue weighted by molar-refractivity contribution is 0.0957. The second-order valence-electron chi connectivity index (χ2n) is 4.33. The topological polar surface area (TPSA) is 55.1 Å². The molecule has 0 saturated heterocycles. The Kier molecular flexibility index (Phi) is 9.22. The Morgan fingerprint density at radius 3 is 2.90 bits per heavy atom. The zero-order chi connectivity index (χ0) is 14.6. The fourth-order valence-electron chi connectivity index (χ4n) is 1.68. The quantitative estimate of drug-likeness (QED) is 0.573. The van der Waals surface area contributed by atoms with E-state index < -0.39 is 0 Å². The second-order valence-corrected chi connectivity index (χ2v) is 6.40. The molecular weight excluding hydrogens is 288 g/mol. The number of thioether (sulfide) groups is 1. The summed E-state index contributed by atoms with van der Waals surface area (Å²) >= 11 is 3.30. The maximum atomic E-state index is 11.9. The van der Waals surface area contributed by atoms with Crippen LogP contribution in [0.4, 0.5) is 0 Å². The molecule has 0 bridgehead atoms. The number of unbranched alkanes of at least 4 members (excludes halogenated alkanes) is 3. The first-order valence-electron chi connectivity index (χ1n) is 6.84. The number of rotatable bonds is 8. The van der Waals surface area contributed by atoms with Crippen molar-refractivity contribution in [2.75, 3.05) is 25.1 Å². The summed E-state index contributed by atoms with van der Waals surface area (Å²) in [6, 6.07) is 3.68. The molecule has 0 aliphatic heterocycles. The van der Waals surface area contributed by atoms with Gasteiger partial charge in [-0.2, -0.15) is 11.8 Å². The van der Waals surface area contributed by atoms with Gasteiger partial charge in [0.2, 0.25) is 0 Å². The number of hydrogen-bond acceptors (Lipinski definition) is 4. The van der Waals surface area contributed by atoms with Crippen molar-refractivity contribution < 1.29 is 4.79 Å². The van der Waals surface area contributed by atoms with Gasteiger partial charge >= 0.3 is 0 Å². The molecule has 0 spiro atoms. The van der Waals surface area contributed by atoms with Crippen LogP contribution >= 0.6 is 23.1 Å². The average Bonchev–Trinajstić information content (AvgIpc) is 2.93. The summed E-state index contributed by atoms with van der Waals surface area (Å²) in [5.41, 5.74) is 5.32. The summed E-state index contributed by atoms with van der Waals surface area (Å²) in [5.74, 6) is 6.96. The summed E-state index contributed by atoms with van der Waals surface area (Å²) in [5, 5.41) is 2.95. The van der Waals surface area contributed by atoms with Crippen LogP contribution in [-0.4, -0.2) is 31.0 Å². The molecule has 1 amide bonds. The monoisotopic (exact) mass is 310 g/mol. The summed E-state index contributed by atoms with van der Waals surface area (Å²) in [6.07, 6.45) is 6.87. The van der Waals surface area contributed by atoms with Gasteiger partial charge in [0.15, 0.2) is 0 Å². The Balaban J connectivity index is 2.20. The van der Waals surface area contributed by atoms with Gasteiger partial charge in [-0.1, -0.05) is 24.7 Å². The van der Waals surface area contributed by atoms with Crippen LogP contribution in [0, 0.1) is 11.8 Å². The summed E-state index contributed by atoms with van der Waals surface area (Å²) in [6.45, 7) is 1.09. The van der Waals surface area contributed by atoms with Crippen LogP contribution in [0.15, 0.2) is 12.1 Å². The van der Waals surface area contributed by atoms with Gasteiger partial charge in [0.05, 0.1) is 16.3 Å². The molecule has 3 nitrogen and oxygen atoms in total. The maximum absolute atomic E-state index is 11.9. The van der Waals surface area contributed by atoms with Crippen molar-refractivity contribution in [1.82, 2.24) is 5.32 Å².